The van der Waals surface area contributed by atoms with E-state index in [1.165, 1.54) is 0 Å². The van der Waals surface area contributed by atoms with Crippen molar-refractivity contribution < 1.29 is 8.42 Å². The highest BCUT2D eigenvalue weighted by Crippen LogP contribution is 2.27. The van der Waals surface area contributed by atoms with Gasteiger partial charge >= 0.3 is 0 Å². The summed E-state index contributed by atoms with van der Waals surface area (Å²) in [7, 11) is 0.513. The Labute approximate surface area is 169 Å². The minimum absolute atomic E-state index is 0.0448. The highest BCUT2D eigenvalue weighted by molar-refractivity contribution is 7.89. The SMILES string of the molecule is CCc1ccc(S(=O)(=O)NCC(c2ccc(N(C)C)cc2)N2CCCC2)cc1. The van der Waals surface area contributed by atoms with Crippen molar-refractivity contribution >= 4 is 15.7 Å². The van der Waals surface area contributed by atoms with Gasteiger partial charge in [0.25, 0.3) is 0 Å². The maximum atomic E-state index is 12.8. The minimum Gasteiger partial charge on any atom is -0.378 e. The second-order valence-electron chi connectivity index (χ2n) is 7.59. The van der Waals surface area contributed by atoms with E-state index in [9.17, 15) is 8.42 Å². The van der Waals surface area contributed by atoms with Gasteiger partial charge in [0.05, 0.1) is 4.90 Å². The van der Waals surface area contributed by atoms with E-state index in [-0.39, 0.29) is 6.04 Å². The maximum absolute atomic E-state index is 12.8. The van der Waals surface area contributed by atoms with Crippen LogP contribution in [0.3, 0.4) is 0 Å². The van der Waals surface area contributed by atoms with Crippen molar-refractivity contribution in [2.45, 2.75) is 37.1 Å². The summed E-state index contributed by atoms with van der Waals surface area (Å²) < 4.78 is 28.4. The molecule has 5 nitrogen and oxygen atoms in total. The number of hydrogen-bond acceptors (Lipinski definition) is 4. The average molecular weight is 402 g/mol. The fourth-order valence-electron chi connectivity index (χ4n) is 3.68. The van der Waals surface area contributed by atoms with Crippen molar-refractivity contribution in [1.29, 1.82) is 0 Å². The third kappa shape index (κ3) is 4.93. The molecule has 6 heteroatoms. The quantitative estimate of drug-likeness (QED) is 0.736. The van der Waals surface area contributed by atoms with Crippen molar-refractivity contribution in [2.75, 3.05) is 38.6 Å². The van der Waals surface area contributed by atoms with Crippen LogP contribution in [0.5, 0.6) is 0 Å². The summed E-state index contributed by atoms with van der Waals surface area (Å²) >= 11 is 0. The van der Waals surface area contributed by atoms with Gasteiger partial charge in [-0.2, -0.15) is 0 Å². The van der Waals surface area contributed by atoms with Crippen LogP contribution in [-0.4, -0.2) is 47.0 Å². The number of nitrogens with zero attached hydrogens (tertiary/aromatic N) is 2. The fraction of sp³-hybridized carbons (Fsp3) is 0.455. The topological polar surface area (TPSA) is 52.7 Å². The summed E-state index contributed by atoms with van der Waals surface area (Å²) in [4.78, 5) is 4.78. The van der Waals surface area contributed by atoms with Crippen LogP contribution in [0.4, 0.5) is 5.69 Å². The first-order valence-corrected chi connectivity index (χ1v) is 11.5. The summed E-state index contributed by atoms with van der Waals surface area (Å²) in [6.07, 6.45) is 3.22. The Morgan fingerprint density at radius 3 is 2.14 bits per heavy atom. The van der Waals surface area contributed by atoms with Crippen molar-refractivity contribution in [1.82, 2.24) is 9.62 Å². The predicted octanol–water partition coefficient (Wildman–Crippen LogP) is 3.43. The molecule has 1 atom stereocenters. The molecular weight excluding hydrogens is 370 g/mol. The molecule has 1 aliphatic rings. The van der Waals surface area contributed by atoms with Crippen LogP contribution in [0.25, 0.3) is 0 Å². The molecule has 0 aromatic heterocycles. The molecule has 2 aromatic rings. The zero-order valence-electron chi connectivity index (χ0n) is 17.1. The van der Waals surface area contributed by atoms with Crippen LogP contribution in [-0.2, 0) is 16.4 Å². The van der Waals surface area contributed by atoms with Gasteiger partial charge in [-0.3, -0.25) is 4.90 Å². The smallest absolute Gasteiger partial charge is 0.240 e. The van der Waals surface area contributed by atoms with Crippen LogP contribution in [0, 0.1) is 0 Å². The Kier molecular flexibility index (Phi) is 6.75. The van der Waals surface area contributed by atoms with E-state index in [1.807, 2.05) is 26.2 Å². The number of rotatable bonds is 8. The summed E-state index contributed by atoms with van der Waals surface area (Å²) in [6, 6.07) is 15.6. The van der Waals surface area contributed by atoms with Crippen LogP contribution in [0.1, 0.15) is 36.9 Å². The minimum atomic E-state index is -3.52. The monoisotopic (exact) mass is 401 g/mol. The highest BCUT2D eigenvalue weighted by atomic mass is 32.2. The van der Waals surface area contributed by atoms with E-state index in [0.29, 0.717) is 11.4 Å². The van der Waals surface area contributed by atoms with E-state index >= 15 is 0 Å². The molecule has 1 N–H and O–H groups in total. The predicted molar refractivity (Wildman–Crippen MR) is 115 cm³/mol. The van der Waals surface area contributed by atoms with Gasteiger partial charge in [0.2, 0.25) is 10.0 Å². The van der Waals surface area contributed by atoms with E-state index in [2.05, 4.69) is 45.7 Å². The van der Waals surface area contributed by atoms with Gasteiger partial charge in [-0.05, 0) is 67.7 Å². The second-order valence-corrected chi connectivity index (χ2v) is 9.36. The molecule has 2 aromatic carbocycles. The summed E-state index contributed by atoms with van der Waals surface area (Å²) in [5.41, 5.74) is 3.42. The average Bonchev–Trinajstić information content (AvgIpc) is 3.23. The van der Waals surface area contributed by atoms with Crippen LogP contribution in [0.15, 0.2) is 53.4 Å². The molecule has 1 saturated heterocycles. The zero-order valence-corrected chi connectivity index (χ0v) is 17.9. The second kappa shape index (κ2) is 9.07. The first kappa shape index (κ1) is 20.8. The van der Waals surface area contributed by atoms with Crippen LogP contribution < -0.4 is 9.62 Å². The summed E-state index contributed by atoms with van der Waals surface area (Å²) in [5.74, 6) is 0. The largest absolute Gasteiger partial charge is 0.378 e. The number of aryl methyl sites for hydroxylation is 1. The van der Waals surface area contributed by atoms with Gasteiger partial charge in [-0.15, -0.1) is 0 Å². The maximum Gasteiger partial charge on any atom is 0.240 e. The molecule has 28 heavy (non-hydrogen) atoms. The lowest BCUT2D eigenvalue weighted by Crippen LogP contribution is -2.36. The first-order chi connectivity index (χ1) is 13.4. The number of hydrogen-bond donors (Lipinski definition) is 1. The van der Waals surface area contributed by atoms with Gasteiger partial charge in [-0.1, -0.05) is 31.2 Å². The number of benzene rings is 2. The number of likely N-dealkylation sites (tertiary alicyclic amines) is 1. The first-order valence-electron chi connectivity index (χ1n) is 10.0. The zero-order chi connectivity index (χ0) is 20.1. The Balaban J connectivity index is 1.77. The molecule has 1 unspecified atom stereocenters. The molecule has 152 valence electrons. The van der Waals surface area contributed by atoms with Crippen LogP contribution in [0.2, 0.25) is 0 Å². The molecule has 0 radical (unpaired) electrons. The molecule has 3 rings (SSSR count). The third-order valence-electron chi connectivity index (χ3n) is 5.48. The fourth-order valence-corrected chi connectivity index (χ4v) is 4.72. The van der Waals surface area contributed by atoms with Gasteiger partial charge in [-0.25, -0.2) is 13.1 Å². The lowest BCUT2D eigenvalue weighted by atomic mass is 10.1. The standard InChI is InChI=1S/C22H31N3O2S/c1-4-18-7-13-21(14-8-18)28(26,27)23-17-22(25-15-5-6-16-25)19-9-11-20(12-10-19)24(2)3/h7-14,22-23H,4-6,15-17H2,1-3H3. The Bertz CT molecular complexity index is 856. The molecule has 1 aliphatic heterocycles. The van der Waals surface area contributed by atoms with E-state index in [4.69, 9.17) is 0 Å². The normalized spacial score (nSPS) is 16.2. The van der Waals surface area contributed by atoms with E-state index < -0.39 is 10.0 Å². The Morgan fingerprint density at radius 2 is 1.61 bits per heavy atom. The lowest BCUT2D eigenvalue weighted by molar-refractivity contribution is 0.246. The molecule has 0 saturated carbocycles. The van der Waals surface area contributed by atoms with Crippen LogP contribution >= 0.6 is 0 Å². The van der Waals surface area contributed by atoms with Gasteiger partial charge in [0.1, 0.15) is 0 Å². The van der Waals surface area contributed by atoms with Crippen molar-refractivity contribution in [3.8, 4) is 0 Å². The molecule has 1 heterocycles. The summed E-state index contributed by atoms with van der Waals surface area (Å²) in [6.45, 7) is 4.45. The molecule has 0 amide bonds. The molecule has 0 aliphatic carbocycles. The van der Waals surface area contributed by atoms with Crippen molar-refractivity contribution in [3.05, 3.63) is 59.7 Å². The van der Waals surface area contributed by atoms with E-state index in [0.717, 1.165) is 49.2 Å². The number of sulfonamides is 1. The van der Waals surface area contributed by atoms with Gasteiger partial charge < -0.3 is 4.90 Å². The molecule has 0 bridgehead atoms. The highest BCUT2D eigenvalue weighted by Gasteiger charge is 2.25. The third-order valence-corrected chi connectivity index (χ3v) is 6.92. The number of nitrogens with one attached hydrogen (secondary N) is 1. The Morgan fingerprint density at radius 1 is 1.00 bits per heavy atom. The van der Waals surface area contributed by atoms with Crippen molar-refractivity contribution in [2.24, 2.45) is 0 Å². The summed E-state index contributed by atoms with van der Waals surface area (Å²) in [5, 5.41) is 0. The molecule has 0 spiro atoms. The molecular formula is C22H31N3O2S. The van der Waals surface area contributed by atoms with E-state index in [1.54, 1.807) is 12.1 Å². The van der Waals surface area contributed by atoms with Crippen molar-refractivity contribution in [3.63, 3.8) is 0 Å². The number of anilines is 1. The lowest BCUT2D eigenvalue weighted by Gasteiger charge is -2.28. The molecule has 1 fully saturated rings. The van der Waals surface area contributed by atoms with Gasteiger partial charge in [0.15, 0.2) is 0 Å². The van der Waals surface area contributed by atoms with Gasteiger partial charge in [0, 0.05) is 32.4 Å². The Hall–Kier alpha value is -1.89.